The molecule has 8 heteroatoms. The van der Waals surface area contributed by atoms with Crippen LogP contribution in [0.1, 0.15) is 27.7 Å². The van der Waals surface area contributed by atoms with E-state index in [-0.39, 0.29) is 31.2 Å². The van der Waals surface area contributed by atoms with E-state index in [9.17, 15) is 19.1 Å². The SMILES string of the molecule is O=C(Nc1ccc(C(O)C2COCC(=O)N2Cc2ccccn2)cc1)c1cccc(F)c1. The highest BCUT2D eigenvalue weighted by Gasteiger charge is 2.34. The monoisotopic (exact) mass is 435 g/mol. The summed E-state index contributed by atoms with van der Waals surface area (Å²) in [6, 6.07) is 16.9. The number of halogens is 1. The second kappa shape index (κ2) is 9.67. The van der Waals surface area contributed by atoms with Crippen LogP contribution in [0.25, 0.3) is 0 Å². The zero-order valence-electron chi connectivity index (χ0n) is 17.1. The van der Waals surface area contributed by atoms with Gasteiger partial charge in [-0.15, -0.1) is 0 Å². The van der Waals surface area contributed by atoms with Crippen molar-refractivity contribution in [3.63, 3.8) is 0 Å². The minimum absolute atomic E-state index is 0.0406. The first-order chi connectivity index (χ1) is 15.5. The summed E-state index contributed by atoms with van der Waals surface area (Å²) in [7, 11) is 0. The Kier molecular flexibility index (Phi) is 6.53. The summed E-state index contributed by atoms with van der Waals surface area (Å²) in [6.45, 7) is 0.422. The molecule has 7 nitrogen and oxygen atoms in total. The molecular formula is C24H22FN3O4. The maximum atomic E-state index is 13.3. The van der Waals surface area contributed by atoms with Crippen molar-refractivity contribution >= 4 is 17.5 Å². The Labute approximate surface area is 184 Å². The second-order valence-corrected chi connectivity index (χ2v) is 7.46. The van der Waals surface area contributed by atoms with Gasteiger partial charge in [0, 0.05) is 17.4 Å². The number of anilines is 1. The van der Waals surface area contributed by atoms with Crippen LogP contribution in [0, 0.1) is 5.82 Å². The summed E-state index contributed by atoms with van der Waals surface area (Å²) in [4.78, 5) is 30.6. The molecule has 1 saturated heterocycles. The van der Waals surface area contributed by atoms with Gasteiger partial charge in [-0.3, -0.25) is 14.6 Å². The third kappa shape index (κ3) is 4.99. The van der Waals surface area contributed by atoms with E-state index in [0.29, 0.717) is 11.3 Å². The summed E-state index contributed by atoms with van der Waals surface area (Å²) in [6.07, 6.45) is 0.665. The largest absolute Gasteiger partial charge is 0.386 e. The summed E-state index contributed by atoms with van der Waals surface area (Å²) in [5, 5.41) is 13.7. The average Bonchev–Trinajstić information content (AvgIpc) is 2.81. The van der Waals surface area contributed by atoms with E-state index in [1.54, 1.807) is 41.4 Å². The molecule has 2 unspecified atom stereocenters. The van der Waals surface area contributed by atoms with Gasteiger partial charge in [-0.2, -0.15) is 0 Å². The summed E-state index contributed by atoms with van der Waals surface area (Å²) >= 11 is 0. The molecule has 0 bridgehead atoms. The molecule has 4 rings (SSSR count). The van der Waals surface area contributed by atoms with Crippen molar-refractivity contribution in [1.29, 1.82) is 0 Å². The molecule has 2 atom stereocenters. The van der Waals surface area contributed by atoms with Gasteiger partial charge < -0.3 is 20.1 Å². The van der Waals surface area contributed by atoms with Crippen molar-refractivity contribution in [2.45, 2.75) is 18.7 Å². The van der Waals surface area contributed by atoms with Gasteiger partial charge >= 0.3 is 0 Å². The van der Waals surface area contributed by atoms with Crippen LogP contribution < -0.4 is 5.32 Å². The molecule has 0 aliphatic carbocycles. The number of nitrogens with one attached hydrogen (secondary N) is 1. The molecule has 1 aliphatic rings. The molecule has 2 amide bonds. The number of nitrogens with zero attached hydrogens (tertiary/aromatic N) is 2. The minimum Gasteiger partial charge on any atom is -0.386 e. The highest BCUT2D eigenvalue weighted by molar-refractivity contribution is 6.04. The number of hydrogen-bond donors (Lipinski definition) is 2. The van der Waals surface area contributed by atoms with Gasteiger partial charge in [0.05, 0.1) is 24.9 Å². The van der Waals surface area contributed by atoms with Crippen molar-refractivity contribution in [2.24, 2.45) is 0 Å². The zero-order chi connectivity index (χ0) is 22.5. The molecule has 2 aromatic carbocycles. The predicted octanol–water partition coefficient (Wildman–Crippen LogP) is 2.93. The van der Waals surface area contributed by atoms with Crippen LogP contribution in [0.3, 0.4) is 0 Å². The Bertz CT molecular complexity index is 1090. The van der Waals surface area contributed by atoms with Crippen LogP contribution >= 0.6 is 0 Å². The van der Waals surface area contributed by atoms with Gasteiger partial charge in [-0.1, -0.05) is 24.3 Å². The average molecular weight is 435 g/mol. The van der Waals surface area contributed by atoms with Crippen LogP contribution in [0.5, 0.6) is 0 Å². The highest BCUT2D eigenvalue weighted by atomic mass is 19.1. The molecule has 1 fully saturated rings. The van der Waals surface area contributed by atoms with Crippen molar-refractivity contribution < 1.29 is 23.8 Å². The van der Waals surface area contributed by atoms with E-state index in [2.05, 4.69) is 10.3 Å². The van der Waals surface area contributed by atoms with Crippen LogP contribution in [-0.4, -0.2) is 46.1 Å². The van der Waals surface area contributed by atoms with Gasteiger partial charge in [0.2, 0.25) is 5.91 Å². The Morgan fingerprint density at radius 3 is 2.72 bits per heavy atom. The summed E-state index contributed by atoms with van der Waals surface area (Å²) in [5.41, 5.74) is 1.99. The Balaban J connectivity index is 1.46. The van der Waals surface area contributed by atoms with Crippen LogP contribution in [0.15, 0.2) is 72.9 Å². The molecule has 2 heterocycles. The maximum Gasteiger partial charge on any atom is 0.255 e. The molecule has 164 valence electrons. The van der Waals surface area contributed by atoms with Crippen molar-refractivity contribution in [2.75, 3.05) is 18.5 Å². The number of ether oxygens (including phenoxy) is 1. The van der Waals surface area contributed by atoms with Crippen LogP contribution in [-0.2, 0) is 16.1 Å². The number of carbonyl (C=O) groups excluding carboxylic acids is 2. The van der Waals surface area contributed by atoms with Crippen molar-refractivity contribution in [3.8, 4) is 0 Å². The van der Waals surface area contributed by atoms with Crippen LogP contribution in [0.4, 0.5) is 10.1 Å². The van der Waals surface area contributed by atoms with Gasteiger partial charge in [-0.05, 0) is 48.0 Å². The molecule has 0 radical (unpaired) electrons. The fourth-order valence-corrected chi connectivity index (χ4v) is 3.58. The molecule has 1 aliphatic heterocycles. The van der Waals surface area contributed by atoms with E-state index in [0.717, 1.165) is 11.8 Å². The predicted molar refractivity (Wildman–Crippen MR) is 115 cm³/mol. The fourth-order valence-electron chi connectivity index (χ4n) is 3.58. The first-order valence-corrected chi connectivity index (χ1v) is 10.1. The van der Waals surface area contributed by atoms with E-state index >= 15 is 0 Å². The number of hydrogen-bond acceptors (Lipinski definition) is 5. The number of rotatable bonds is 6. The Morgan fingerprint density at radius 1 is 1.19 bits per heavy atom. The number of aromatic nitrogens is 1. The molecule has 32 heavy (non-hydrogen) atoms. The van der Waals surface area contributed by atoms with E-state index in [1.165, 1.54) is 18.2 Å². The second-order valence-electron chi connectivity index (χ2n) is 7.46. The zero-order valence-corrected chi connectivity index (χ0v) is 17.1. The van der Waals surface area contributed by atoms with E-state index < -0.39 is 23.9 Å². The quantitative estimate of drug-likeness (QED) is 0.621. The van der Waals surface area contributed by atoms with Gasteiger partial charge in [-0.25, -0.2) is 4.39 Å². The normalized spacial score (nSPS) is 17.1. The number of aliphatic hydroxyl groups excluding tert-OH is 1. The smallest absolute Gasteiger partial charge is 0.255 e. The fraction of sp³-hybridized carbons (Fsp3) is 0.208. The third-order valence-corrected chi connectivity index (χ3v) is 5.25. The molecular weight excluding hydrogens is 413 g/mol. The first-order valence-electron chi connectivity index (χ1n) is 10.1. The first kappa shape index (κ1) is 21.6. The molecule has 2 N–H and O–H groups in total. The molecule has 3 aromatic rings. The van der Waals surface area contributed by atoms with E-state index in [4.69, 9.17) is 4.74 Å². The number of morpholine rings is 1. The lowest BCUT2D eigenvalue weighted by atomic mass is 9.99. The van der Waals surface area contributed by atoms with E-state index in [1.807, 2.05) is 12.1 Å². The molecule has 1 aromatic heterocycles. The van der Waals surface area contributed by atoms with Crippen molar-refractivity contribution in [3.05, 3.63) is 95.6 Å². The minimum atomic E-state index is -0.990. The number of pyridine rings is 1. The summed E-state index contributed by atoms with van der Waals surface area (Å²) in [5.74, 6) is -1.15. The summed E-state index contributed by atoms with van der Waals surface area (Å²) < 4.78 is 18.7. The number of carbonyl (C=O) groups is 2. The number of amides is 2. The lowest BCUT2D eigenvalue weighted by molar-refractivity contribution is -0.155. The number of aliphatic hydroxyl groups is 1. The molecule has 0 saturated carbocycles. The third-order valence-electron chi connectivity index (χ3n) is 5.25. The standard InChI is InChI=1S/C24H22FN3O4/c25-18-5-3-4-17(12-18)24(31)27-19-9-7-16(8-10-19)23(30)21-14-32-15-22(29)28(21)13-20-6-1-2-11-26-20/h1-12,21,23,30H,13-15H2,(H,27,31). The maximum absolute atomic E-state index is 13.3. The lowest BCUT2D eigenvalue weighted by Crippen LogP contribution is -2.51. The number of benzene rings is 2. The van der Waals surface area contributed by atoms with Gasteiger partial charge in [0.15, 0.2) is 0 Å². The van der Waals surface area contributed by atoms with Crippen LogP contribution in [0.2, 0.25) is 0 Å². The highest BCUT2D eigenvalue weighted by Crippen LogP contribution is 2.26. The van der Waals surface area contributed by atoms with Gasteiger partial charge in [0.25, 0.3) is 5.91 Å². The molecule has 0 spiro atoms. The van der Waals surface area contributed by atoms with Crippen molar-refractivity contribution in [1.82, 2.24) is 9.88 Å². The van der Waals surface area contributed by atoms with Gasteiger partial charge in [0.1, 0.15) is 18.5 Å². The Morgan fingerprint density at radius 2 is 2.00 bits per heavy atom. The topological polar surface area (TPSA) is 91.8 Å². The lowest BCUT2D eigenvalue weighted by Gasteiger charge is -2.38. The Hall–Kier alpha value is -3.62.